The molecule has 3 rings (SSSR count). The van der Waals surface area contributed by atoms with Crippen LogP contribution in [0.15, 0.2) is 40.9 Å². The monoisotopic (exact) mass is 504 g/mol. The van der Waals surface area contributed by atoms with Crippen LogP contribution in [0.5, 0.6) is 0 Å². The van der Waals surface area contributed by atoms with E-state index >= 15 is 0 Å². The van der Waals surface area contributed by atoms with Crippen LogP contribution in [-0.2, 0) is 11.3 Å². The summed E-state index contributed by atoms with van der Waals surface area (Å²) in [5, 5.41) is 4.31. The number of nitrogens with zero attached hydrogens (tertiary/aromatic N) is 3. The van der Waals surface area contributed by atoms with E-state index in [0.29, 0.717) is 0 Å². The van der Waals surface area contributed by atoms with Crippen LogP contribution in [0.1, 0.15) is 18.4 Å². The molecular formula is C20H30ClIN4O. The number of aliphatic imine (C=N–C) groups is 1. The largest absolute Gasteiger partial charge is 0.377 e. The van der Waals surface area contributed by atoms with Gasteiger partial charge in [-0.05, 0) is 30.5 Å². The summed E-state index contributed by atoms with van der Waals surface area (Å²) >= 11 is 5.97. The van der Waals surface area contributed by atoms with Crippen molar-refractivity contribution in [3.63, 3.8) is 0 Å². The minimum absolute atomic E-state index is 0. The van der Waals surface area contributed by atoms with Crippen molar-refractivity contribution in [1.29, 1.82) is 0 Å². The quantitative estimate of drug-likeness (QED) is 0.289. The van der Waals surface area contributed by atoms with Gasteiger partial charge in [0, 0.05) is 51.3 Å². The van der Waals surface area contributed by atoms with Gasteiger partial charge in [0.15, 0.2) is 5.96 Å². The first-order valence-corrected chi connectivity index (χ1v) is 9.80. The fraction of sp³-hybridized carbons (Fsp3) is 0.550. The molecule has 27 heavy (non-hydrogen) atoms. The molecule has 0 bridgehead atoms. The van der Waals surface area contributed by atoms with E-state index in [1.807, 2.05) is 19.2 Å². The van der Waals surface area contributed by atoms with E-state index in [4.69, 9.17) is 16.3 Å². The van der Waals surface area contributed by atoms with Crippen LogP contribution in [0.4, 0.5) is 0 Å². The zero-order valence-electron chi connectivity index (χ0n) is 16.0. The first kappa shape index (κ1) is 22.5. The van der Waals surface area contributed by atoms with Crippen LogP contribution in [0.2, 0.25) is 5.02 Å². The highest BCUT2D eigenvalue weighted by atomic mass is 127. The van der Waals surface area contributed by atoms with Crippen LogP contribution in [-0.4, -0.2) is 68.7 Å². The lowest BCUT2D eigenvalue weighted by Crippen LogP contribution is -2.52. The van der Waals surface area contributed by atoms with Gasteiger partial charge < -0.3 is 15.0 Å². The molecule has 1 fully saturated rings. The van der Waals surface area contributed by atoms with Crippen LogP contribution in [0.25, 0.3) is 0 Å². The maximum Gasteiger partial charge on any atom is 0.193 e. The summed E-state index contributed by atoms with van der Waals surface area (Å²) in [5.74, 6) is 1.02. The van der Waals surface area contributed by atoms with Gasteiger partial charge in [-0.15, -0.1) is 24.0 Å². The van der Waals surface area contributed by atoms with Crippen molar-refractivity contribution in [2.24, 2.45) is 4.99 Å². The minimum atomic E-state index is 0. The molecule has 0 aliphatic carbocycles. The highest BCUT2D eigenvalue weighted by Gasteiger charge is 2.19. The molecule has 0 saturated carbocycles. The van der Waals surface area contributed by atoms with Crippen molar-refractivity contribution in [3.05, 3.63) is 46.5 Å². The molecule has 0 aromatic heterocycles. The second-order valence-electron chi connectivity index (χ2n) is 6.80. The lowest BCUT2D eigenvalue weighted by molar-refractivity contribution is 0.153. The van der Waals surface area contributed by atoms with Gasteiger partial charge in [-0.1, -0.05) is 35.4 Å². The Bertz CT molecular complexity index is 627. The standard InChI is InChI=1S/C20H29ClN4O.HI/c1-22-20(23-9-6-17-7-14-26-15-8-17)25-12-10-24(11-13-25)16-18-2-4-19(21)5-3-18;/h2-5,7H,6,8-16H2,1H3,(H,22,23);1H. The molecule has 0 atom stereocenters. The molecule has 0 radical (unpaired) electrons. The van der Waals surface area contributed by atoms with E-state index in [2.05, 4.69) is 38.3 Å². The summed E-state index contributed by atoms with van der Waals surface area (Å²) in [6.45, 7) is 7.64. The fourth-order valence-corrected chi connectivity index (χ4v) is 3.55. The predicted molar refractivity (Wildman–Crippen MR) is 123 cm³/mol. The molecule has 5 nitrogen and oxygen atoms in total. The summed E-state index contributed by atoms with van der Waals surface area (Å²) in [7, 11) is 1.87. The number of piperazine rings is 1. The lowest BCUT2D eigenvalue weighted by atomic mass is 10.1. The Hall–Kier alpha value is -0.830. The zero-order chi connectivity index (χ0) is 18.2. The summed E-state index contributed by atoms with van der Waals surface area (Å²) in [4.78, 5) is 9.31. The number of guanidine groups is 1. The number of nitrogens with one attached hydrogen (secondary N) is 1. The molecule has 2 aliphatic heterocycles. The Morgan fingerprint density at radius 2 is 1.93 bits per heavy atom. The average Bonchev–Trinajstić information content (AvgIpc) is 2.69. The van der Waals surface area contributed by atoms with Crippen molar-refractivity contribution in [1.82, 2.24) is 15.1 Å². The smallest absolute Gasteiger partial charge is 0.193 e. The molecule has 7 heteroatoms. The van der Waals surface area contributed by atoms with Gasteiger partial charge in [-0.2, -0.15) is 0 Å². The number of hydrogen-bond donors (Lipinski definition) is 1. The fourth-order valence-electron chi connectivity index (χ4n) is 3.43. The molecule has 2 aliphatic rings. The van der Waals surface area contributed by atoms with E-state index < -0.39 is 0 Å². The molecular weight excluding hydrogens is 475 g/mol. The van der Waals surface area contributed by atoms with Crippen molar-refractivity contribution in [2.45, 2.75) is 19.4 Å². The first-order valence-electron chi connectivity index (χ1n) is 9.42. The Morgan fingerprint density at radius 3 is 2.56 bits per heavy atom. The Balaban J connectivity index is 0.00000261. The highest BCUT2D eigenvalue weighted by molar-refractivity contribution is 14.0. The second kappa shape index (κ2) is 11.9. The number of hydrogen-bond acceptors (Lipinski definition) is 3. The minimum Gasteiger partial charge on any atom is -0.377 e. The Morgan fingerprint density at radius 1 is 1.19 bits per heavy atom. The van der Waals surface area contributed by atoms with Gasteiger partial charge in [0.1, 0.15) is 0 Å². The average molecular weight is 505 g/mol. The van der Waals surface area contributed by atoms with Gasteiger partial charge in [0.2, 0.25) is 0 Å². The predicted octanol–water partition coefficient (Wildman–Crippen LogP) is 3.39. The maximum absolute atomic E-state index is 5.97. The van der Waals surface area contributed by atoms with Crippen molar-refractivity contribution in [2.75, 3.05) is 53.0 Å². The summed E-state index contributed by atoms with van der Waals surface area (Å²) in [6.07, 6.45) is 4.34. The molecule has 150 valence electrons. The van der Waals surface area contributed by atoms with E-state index in [1.54, 1.807) is 0 Å². The van der Waals surface area contributed by atoms with Crippen molar-refractivity contribution >= 4 is 41.5 Å². The number of rotatable bonds is 5. The van der Waals surface area contributed by atoms with Crippen molar-refractivity contribution < 1.29 is 4.74 Å². The molecule has 0 spiro atoms. The number of ether oxygens (including phenoxy) is 1. The third-order valence-electron chi connectivity index (χ3n) is 4.99. The topological polar surface area (TPSA) is 40.1 Å². The van der Waals surface area contributed by atoms with Crippen molar-refractivity contribution in [3.8, 4) is 0 Å². The van der Waals surface area contributed by atoms with E-state index in [-0.39, 0.29) is 24.0 Å². The third-order valence-corrected chi connectivity index (χ3v) is 5.24. The summed E-state index contributed by atoms with van der Waals surface area (Å²) < 4.78 is 5.36. The molecule has 1 aromatic carbocycles. The number of halogens is 2. The summed E-state index contributed by atoms with van der Waals surface area (Å²) in [5.41, 5.74) is 2.81. The van der Waals surface area contributed by atoms with E-state index in [9.17, 15) is 0 Å². The zero-order valence-corrected chi connectivity index (χ0v) is 19.1. The third kappa shape index (κ3) is 7.25. The van der Waals surface area contributed by atoms with Crippen LogP contribution >= 0.6 is 35.6 Å². The highest BCUT2D eigenvalue weighted by Crippen LogP contribution is 2.13. The van der Waals surface area contributed by atoms with Crippen LogP contribution < -0.4 is 5.32 Å². The Kier molecular flexibility index (Phi) is 9.89. The number of benzene rings is 1. The first-order chi connectivity index (χ1) is 12.7. The van der Waals surface area contributed by atoms with Crippen LogP contribution in [0.3, 0.4) is 0 Å². The van der Waals surface area contributed by atoms with Gasteiger partial charge in [0.25, 0.3) is 0 Å². The molecule has 0 amide bonds. The molecule has 2 heterocycles. The molecule has 1 N–H and O–H groups in total. The molecule has 1 saturated heterocycles. The molecule has 1 aromatic rings. The van der Waals surface area contributed by atoms with Gasteiger partial charge in [0.05, 0.1) is 13.2 Å². The SMILES string of the molecule is CN=C(NCCC1=CCOCC1)N1CCN(Cc2ccc(Cl)cc2)CC1.I. The Labute approximate surface area is 184 Å². The maximum atomic E-state index is 5.97. The second-order valence-corrected chi connectivity index (χ2v) is 7.24. The van der Waals surface area contributed by atoms with Gasteiger partial charge in [-0.25, -0.2) is 0 Å². The summed E-state index contributed by atoms with van der Waals surface area (Å²) in [6, 6.07) is 8.15. The van der Waals surface area contributed by atoms with Crippen LogP contribution in [0, 0.1) is 0 Å². The van der Waals surface area contributed by atoms with Gasteiger partial charge in [-0.3, -0.25) is 9.89 Å². The van der Waals surface area contributed by atoms with E-state index in [1.165, 1.54) is 11.1 Å². The normalized spacial score (nSPS) is 18.7. The van der Waals surface area contributed by atoms with Gasteiger partial charge >= 0.3 is 0 Å². The van der Waals surface area contributed by atoms with E-state index in [0.717, 1.165) is 76.3 Å². The molecule has 0 unspecified atom stereocenters. The lowest BCUT2D eigenvalue weighted by Gasteiger charge is -2.36.